The SMILES string of the molecule is CCCCN(CCN)C(=O)C1CCc2ccccc2C1. The van der Waals surface area contributed by atoms with Crippen molar-refractivity contribution in [2.45, 2.75) is 39.0 Å². The number of hydrogen-bond donors (Lipinski definition) is 1. The molecule has 1 aromatic carbocycles. The zero-order valence-corrected chi connectivity index (χ0v) is 12.5. The second kappa shape index (κ2) is 7.44. The molecule has 0 heterocycles. The van der Waals surface area contributed by atoms with E-state index in [1.165, 1.54) is 11.1 Å². The Morgan fingerprint density at radius 1 is 1.30 bits per heavy atom. The first-order valence-corrected chi connectivity index (χ1v) is 7.82. The minimum atomic E-state index is 0.147. The molecule has 2 rings (SSSR count). The Hall–Kier alpha value is -1.35. The van der Waals surface area contributed by atoms with Gasteiger partial charge in [0.05, 0.1) is 0 Å². The van der Waals surface area contributed by atoms with Crippen molar-refractivity contribution in [2.24, 2.45) is 11.7 Å². The van der Waals surface area contributed by atoms with Gasteiger partial charge in [-0.2, -0.15) is 0 Å². The van der Waals surface area contributed by atoms with Crippen LogP contribution in [0, 0.1) is 5.92 Å². The number of fused-ring (bicyclic) bond motifs is 1. The molecule has 1 aliphatic carbocycles. The third-order valence-electron chi connectivity index (χ3n) is 4.19. The van der Waals surface area contributed by atoms with Gasteiger partial charge in [0.1, 0.15) is 0 Å². The number of amides is 1. The molecule has 1 unspecified atom stereocenters. The number of aryl methyl sites for hydroxylation is 1. The average molecular weight is 274 g/mol. The molecule has 0 radical (unpaired) electrons. The fraction of sp³-hybridized carbons (Fsp3) is 0.588. The first-order chi connectivity index (χ1) is 9.76. The highest BCUT2D eigenvalue weighted by Crippen LogP contribution is 2.26. The molecule has 0 saturated carbocycles. The third kappa shape index (κ3) is 3.60. The number of nitrogens with zero attached hydrogens (tertiary/aromatic N) is 1. The lowest BCUT2D eigenvalue weighted by Gasteiger charge is -2.30. The van der Waals surface area contributed by atoms with Gasteiger partial charge in [-0.05, 0) is 36.8 Å². The molecule has 0 aromatic heterocycles. The maximum Gasteiger partial charge on any atom is 0.226 e. The molecule has 0 aliphatic heterocycles. The molecule has 0 bridgehead atoms. The lowest BCUT2D eigenvalue weighted by atomic mass is 9.83. The minimum absolute atomic E-state index is 0.147. The van der Waals surface area contributed by atoms with Gasteiger partial charge in [0, 0.05) is 25.6 Å². The van der Waals surface area contributed by atoms with Crippen molar-refractivity contribution in [3.8, 4) is 0 Å². The quantitative estimate of drug-likeness (QED) is 0.865. The van der Waals surface area contributed by atoms with Crippen LogP contribution in [-0.4, -0.2) is 30.4 Å². The predicted molar refractivity (Wildman–Crippen MR) is 82.5 cm³/mol. The first-order valence-electron chi connectivity index (χ1n) is 7.82. The third-order valence-corrected chi connectivity index (χ3v) is 4.19. The van der Waals surface area contributed by atoms with Gasteiger partial charge in [-0.1, -0.05) is 37.6 Å². The number of carbonyl (C=O) groups excluding carboxylic acids is 1. The fourth-order valence-corrected chi connectivity index (χ4v) is 3.00. The molecule has 1 aliphatic rings. The van der Waals surface area contributed by atoms with Crippen LogP contribution in [0.25, 0.3) is 0 Å². The van der Waals surface area contributed by atoms with E-state index in [4.69, 9.17) is 5.73 Å². The second-order valence-electron chi connectivity index (χ2n) is 5.68. The molecule has 0 saturated heterocycles. The maximum atomic E-state index is 12.7. The zero-order chi connectivity index (χ0) is 14.4. The predicted octanol–water partition coefficient (Wildman–Crippen LogP) is 2.38. The van der Waals surface area contributed by atoms with Crippen LogP contribution in [0.3, 0.4) is 0 Å². The average Bonchev–Trinajstić information content (AvgIpc) is 2.50. The van der Waals surface area contributed by atoms with Gasteiger partial charge in [-0.25, -0.2) is 0 Å². The number of hydrogen-bond acceptors (Lipinski definition) is 2. The molecule has 1 aromatic rings. The molecule has 20 heavy (non-hydrogen) atoms. The topological polar surface area (TPSA) is 46.3 Å². The molecule has 2 N–H and O–H groups in total. The molecule has 0 spiro atoms. The minimum Gasteiger partial charge on any atom is -0.341 e. The van der Waals surface area contributed by atoms with Crippen molar-refractivity contribution in [1.29, 1.82) is 0 Å². The number of benzene rings is 1. The van der Waals surface area contributed by atoms with Gasteiger partial charge in [-0.15, -0.1) is 0 Å². The van der Waals surface area contributed by atoms with Crippen molar-refractivity contribution in [2.75, 3.05) is 19.6 Å². The van der Waals surface area contributed by atoms with E-state index in [-0.39, 0.29) is 5.92 Å². The van der Waals surface area contributed by atoms with Crippen molar-refractivity contribution >= 4 is 5.91 Å². The van der Waals surface area contributed by atoms with Gasteiger partial charge in [0.15, 0.2) is 0 Å². The van der Waals surface area contributed by atoms with Crippen molar-refractivity contribution in [1.82, 2.24) is 4.90 Å². The van der Waals surface area contributed by atoms with Crippen LogP contribution >= 0.6 is 0 Å². The molecule has 3 heteroatoms. The molecular formula is C17H26N2O. The van der Waals surface area contributed by atoms with Crippen LogP contribution in [0.1, 0.15) is 37.3 Å². The van der Waals surface area contributed by atoms with Gasteiger partial charge in [0.25, 0.3) is 0 Å². The monoisotopic (exact) mass is 274 g/mol. The van der Waals surface area contributed by atoms with E-state index in [9.17, 15) is 4.79 Å². The van der Waals surface area contributed by atoms with Gasteiger partial charge < -0.3 is 10.6 Å². The zero-order valence-electron chi connectivity index (χ0n) is 12.5. The first kappa shape index (κ1) is 15.0. The molecule has 1 atom stereocenters. The Balaban J connectivity index is 2.01. The number of rotatable bonds is 6. The van der Waals surface area contributed by atoms with Gasteiger partial charge in [-0.3, -0.25) is 4.79 Å². The summed E-state index contributed by atoms with van der Waals surface area (Å²) in [6, 6.07) is 8.50. The Morgan fingerprint density at radius 3 is 2.75 bits per heavy atom. The van der Waals surface area contributed by atoms with Gasteiger partial charge in [0.2, 0.25) is 5.91 Å². The number of nitrogens with two attached hydrogens (primary N) is 1. The van der Waals surface area contributed by atoms with E-state index in [0.29, 0.717) is 19.0 Å². The molecule has 0 fully saturated rings. The van der Waals surface area contributed by atoms with E-state index < -0.39 is 0 Å². The van der Waals surface area contributed by atoms with E-state index in [1.807, 2.05) is 4.90 Å². The molecular weight excluding hydrogens is 248 g/mol. The van der Waals surface area contributed by atoms with Crippen molar-refractivity contribution < 1.29 is 4.79 Å². The summed E-state index contributed by atoms with van der Waals surface area (Å²) >= 11 is 0. The largest absolute Gasteiger partial charge is 0.341 e. The Bertz CT molecular complexity index is 444. The van der Waals surface area contributed by atoms with Crippen LogP contribution in [0.4, 0.5) is 0 Å². The van der Waals surface area contributed by atoms with Crippen LogP contribution in [0.15, 0.2) is 24.3 Å². The highest BCUT2D eigenvalue weighted by molar-refractivity contribution is 5.79. The standard InChI is InChI=1S/C17H26N2O/c1-2-3-11-19(12-10-18)17(20)16-9-8-14-6-4-5-7-15(14)13-16/h4-7,16H,2-3,8-13,18H2,1H3. The van der Waals surface area contributed by atoms with Crippen LogP contribution < -0.4 is 5.73 Å². The fourth-order valence-electron chi connectivity index (χ4n) is 3.00. The van der Waals surface area contributed by atoms with E-state index in [2.05, 4.69) is 31.2 Å². The summed E-state index contributed by atoms with van der Waals surface area (Å²) in [6.45, 7) is 4.25. The van der Waals surface area contributed by atoms with E-state index >= 15 is 0 Å². The Labute approximate surface area is 122 Å². The smallest absolute Gasteiger partial charge is 0.226 e. The lowest BCUT2D eigenvalue weighted by molar-refractivity contribution is -0.135. The highest BCUT2D eigenvalue weighted by Gasteiger charge is 2.27. The summed E-state index contributed by atoms with van der Waals surface area (Å²) in [4.78, 5) is 14.6. The molecule has 110 valence electrons. The molecule has 1 amide bonds. The Morgan fingerprint density at radius 2 is 2.05 bits per heavy atom. The second-order valence-corrected chi connectivity index (χ2v) is 5.68. The highest BCUT2D eigenvalue weighted by atomic mass is 16.2. The summed E-state index contributed by atoms with van der Waals surface area (Å²) in [5.41, 5.74) is 8.41. The van der Waals surface area contributed by atoms with E-state index in [1.54, 1.807) is 0 Å². The maximum absolute atomic E-state index is 12.7. The van der Waals surface area contributed by atoms with Crippen LogP contribution in [0.5, 0.6) is 0 Å². The lowest BCUT2D eigenvalue weighted by Crippen LogP contribution is -2.41. The van der Waals surface area contributed by atoms with Crippen molar-refractivity contribution in [3.05, 3.63) is 35.4 Å². The number of unbranched alkanes of at least 4 members (excludes halogenated alkanes) is 1. The summed E-state index contributed by atoms with van der Waals surface area (Å²) < 4.78 is 0. The summed E-state index contributed by atoms with van der Waals surface area (Å²) in [5, 5.41) is 0. The summed E-state index contributed by atoms with van der Waals surface area (Å²) in [5.74, 6) is 0.451. The Kier molecular flexibility index (Phi) is 5.60. The van der Waals surface area contributed by atoms with Crippen LogP contribution in [0.2, 0.25) is 0 Å². The van der Waals surface area contributed by atoms with Crippen LogP contribution in [-0.2, 0) is 17.6 Å². The van der Waals surface area contributed by atoms with E-state index in [0.717, 1.165) is 38.6 Å². The van der Waals surface area contributed by atoms with Crippen molar-refractivity contribution in [3.63, 3.8) is 0 Å². The molecule has 3 nitrogen and oxygen atoms in total. The normalized spacial score (nSPS) is 17.6. The van der Waals surface area contributed by atoms with Gasteiger partial charge >= 0.3 is 0 Å². The number of carbonyl (C=O) groups is 1. The summed E-state index contributed by atoms with van der Waals surface area (Å²) in [7, 11) is 0. The summed E-state index contributed by atoms with van der Waals surface area (Å²) in [6.07, 6.45) is 5.07.